The molecule has 4 nitrogen and oxygen atoms in total. The number of hydrogen-bond acceptors (Lipinski definition) is 3. The van der Waals surface area contributed by atoms with E-state index < -0.39 is 0 Å². The molecule has 2 aromatic heterocycles. The number of nitrogens with one attached hydrogen (secondary N) is 1. The standard InChI is InChI=1S/C10H11BrN4/c11-7-3-4-9-13-14-10(15(9)6-7)8-2-1-5-12-8/h3-4,6,8,12H,1-2,5H2. The average Bonchev–Trinajstić information content (AvgIpc) is 2.83. The highest BCUT2D eigenvalue weighted by Gasteiger charge is 2.21. The Morgan fingerprint density at radius 1 is 1.40 bits per heavy atom. The van der Waals surface area contributed by atoms with Gasteiger partial charge in [-0.15, -0.1) is 10.2 Å². The minimum absolute atomic E-state index is 0.356. The molecule has 1 fully saturated rings. The third-order valence-corrected chi connectivity index (χ3v) is 3.23. The van der Waals surface area contributed by atoms with E-state index in [2.05, 4.69) is 31.4 Å². The van der Waals surface area contributed by atoms with Crippen LogP contribution in [0.25, 0.3) is 5.65 Å². The third-order valence-electron chi connectivity index (χ3n) is 2.76. The molecular formula is C10H11BrN4. The lowest BCUT2D eigenvalue weighted by Crippen LogP contribution is -2.15. The Hall–Kier alpha value is -0.940. The number of hydrogen-bond donors (Lipinski definition) is 1. The van der Waals surface area contributed by atoms with E-state index in [0.29, 0.717) is 6.04 Å². The summed E-state index contributed by atoms with van der Waals surface area (Å²) in [6, 6.07) is 4.31. The van der Waals surface area contributed by atoms with E-state index >= 15 is 0 Å². The van der Waals surface area contributed by atoms with Crippen LogP contribution < -0.4 is 5.32 Å². The molecule has 1 unspecified atom stereocenters. The monoisotopic (exact) mass is 266 g/mol. The van der Waals surface area contributed by atoms with Crippen LogP contribution in [0.3, 0.4) is 0 Å². The Balaban J connectivity index is 2.13. The Morgan fingerprint density at radius 2 is 2.33 bits per heavy atom. The molecule has 5 heteroatoms. The van der Waals surface area contributed by atoms with Gasteiger partial charge < -0.3 is 5.32 Å². The normalized spacial score (nSPS) is 21.3. The third kappa shape index (κ3) is 1.55. The van der Waals surface area contributed by atoms with Gasteiger partial charge in [0.05, 0.1) is 6.04 Å². The van der Waals surface area contributed by atoms with E-state index in [1.807, 2.05) is 22.7 Å². The lowest BCUT2D eigenvalue weighted by atomic mass is 10.2. The maximum atomic E-state index is 4.25. The van der Waals surface area contributed by atoms with Crippen molar-refractivity contribution in [3.8, 4) is 0 Å². The number of fused-ring (bicyclic) bond motifs is 1. The van der Waals surface area contributed by atoms with Crippen LogP contribution in [-0.4, -0.2) is 21.1 Å². The number of aromatic nitrogens is 3. The van der Waals surface area contributed by atoms with Gasteiger partial charge in [-0.1, -0.05) is 0 Å². The van der Waals surface area contributed by atoms with E-state index in [1.54, 1.807) is 0 Å². The van der Waals surface area contributed by atoms with Gasteiger partial charge in [-0.25, -0.2) is 0 Å². The molecule has 0 radical (unpaired) electrons. The average molecular weight is 267 g/mol. The van der Waals surface area contributed by atoms with Gasteiger partial charge in [0.2, 0.25) is 0 Å². The fourth-order valence-electron chi connectivity index (χ4n) is 2.03. The van der Waals surface area contributed by atoms with Gasteiger partial charge >= 0.3 is 0 Å². The van der Waals surface area contributed by atoms with Crippen molar-refractivity contribution in [3.63, 3.8) is 0 Å². The van der Waals surface area contributed by atoms with E-state index in [0.717, 1.165) is 28.9 Å². The molecule has 1 aliphatic heterocycles. The Labute approximate surface area is 95.8 Å². The van der Waals surface area contributed by atoms with Crippen molar-refractivity contribution in [2.45, 2.75) is 18.9 Å². The van der Waals surface area contributed by atoms with Crippen LogP contribution in [-0.2, 0) is 0 Å². The van der Waals surface area contributed by atoms with Crippen LogP contribution >= 0.6 is 15.9 Å². The summed E-state index contributed by atoms with van der Waals surface area (Å²) in [5.74, 6) is 1.02. The van der Waals surface area contributed by atoms with Gasteiger partial charge in [-0.3, -0.25) is 4.40 Å². The van der Waals surface area contributed by atoms with Gasteiger partial charge in [0.1, 0.15) is 0 Å². The summed E-state index contributed by atoms with van der Waals surface area (Å²) in [7, 11) is 0. The molecule has 1 atom stereocenters. The molecule has 1 N–H and O–H groups in total. The summed E-state index contributed by atoms with van der Waals surface area (Å²) < 4.78 is 3.10. The maximum absolute atomic E-state index is 4.25. The van der Waals surface area contributed by atoms with Gasteiger partial charge in [0.25, 0.3) is 0 Å². The molecule has 3 rings (SSSR count). The van der Waals surface area contributed by atoms with Gasteiger partial charge in [0, 0.05) is 10.7 Å². The van der Waals surface area contributed by atoms with E-state index in [9.17, 15) is 0 Å². The zero-order valence-electron chi connectivity index (χ0n) is 8.15. The molecule has 0 aromatic carbocycles. The molecule has 1 saturated heterocycles. The molecule has 2 aromatic rings. The minimum atomic E-state index is 0.356. The molecule has 15 heavy (non-hydrogen) atoms. The number of rotatable bonds is 1. The van der Waals surface area contributed by atoms with Crippen molar-refractivity contribution in [1.29, 1.82) is 0 Å². The topological polar surface area (TPSA) is 42.2 Å². The fraction of sp³-hybridized carbons (Fsp3) is 0.400. The first-order valence-electron chi connectivity index (χ1n) is 5.08. The van der Waals surface area contributed by atoms with Crippen LogP contribution in [0.1, 0.15) is 24.7 Å². The van der Waals surface area contributed by atoms with Crippen molar-refractivity contribution < 1.29 is 0 Å². The summed E-state index contributed by atoms with van der Waals surface area (Å²) in [5.41, 5.74) is 0.905. The highest BCUT2D eigenvalue weighted by Crippen LogP contribution is 2.22. The van der Waals surface area contributed by atoms with Gasteiger partial charge in [-0.2, -0.15) is 0 Å². The van der Waals surface area contributed by atoms with E-state index in [4.69, 9.17) is 0 Å². The smallest absolute Gasteiger partial charge is 0.160 e. The summed E-state index contributed by atoms with van der Waals surface area (Å²) in [6.45, 7) is 1.08. The summed E-state index contributed by atoms with van der Waals surface area (Å²) in [4.78, 5) is 0. The van der Waals surface area contributed by atoms with Crippen molar-refractivity contribution in [1.82, 2.24) is 19.9 Å². The molecule has 0 amide bonds. The van der Waals surface area contributed by atoms with Crippen molar-refractivity contribution in [2.24, 2.45) is 0 Å². The van der Waals surface area contributed by atoms with Crippen LogP contribution in [0.15, 0.2) is 22.8 Å². The summed E-state index contributed by atoms with van der Waals surface area (Å²) in [6.07, 6.45) is 4.38. The Morgan fingerprint density at radius 3 is 3.13 bits per heavy atom. The number of nitrogens with zero attached hydrogens (tertiary/aromatic N) is 3. The van der Waals surface area contributed by atoms with E-state index in [1.165, 1.54) is 6.42 Å². The first-order chi connectivity index (χ1) is 7.34. The number of halogens is 1. The van der Waals surface area contributed by atoms with E-state index in [-0.39, 0.29) is 0 Å². The van der Waals surface area contributed by atoms with Crippen molar-refractivity contribution in [2.75, 3.05) is 6.54 Å². The number of pyridine rings is 1. The molecular weight excluding hydrogens is 256 g/mol. The van der Waals surface area contributed by atoms with Gasteiger partial charge in [0.15, 0.2) is 11.5 Å². The SMILES string of the molecule is Brc1ccc2nnc(C3CCCN3)n2c1. The lowest BCUT2D eigenvalue weighted by molar-refractivity contribution is 0.598. The van der Waals surface area contributed by atoms with Crippen LogP contribution in [0, 0.1) is 0 Å². The molecule has 0 saturated carbocycles. The van der Waals surface area contributed by atoms with Crippen molar-refractivity contribution in [3.05, 3.63) is 28.6 Å². The Kier molecular flexibility index (Phi) is 2.21. The quantitative estimate of drug-likeness (QED) is 0.858. The first kappa shape index (κ1) is 9.30. The van der Waals surface area contributed by atoms with Crippen LogP contribution in [0.5, 0.6) is 0 Å². The zero-order valence-corrected chi connectivity index (χ0v) is 9.74. The highest BCUT2D eigenvalue weighted by molar-refractivity contribution is 9.10. The second-order valence-corrected chi connectivity index (χ2v) is 4.70. The second kappa shape index (κ2) is 3.57. The lowest BCUT2D eigenvalue weighted by Gasteiger charge is -2.07. The Bertz CT molecular complexity index is 487. The van der Waals surface area contributed by atoms with Crippen LogP contribution in [0.4, 0.5) is 0 Å². The van der Waals surface area contributed by atoms with Crippen LogP contribution in [0.2, 0.25) is 0 Å². The minimum Gasteiger partial charge on any atom is -0.307 e. The molecule has 0 aliphatic carbocycles. The van der Waals surface area contributed by atoms with Crippen molar-refractivity contribution >= 4 is 21.6 Å². The highest BCUT2D eigenvalue weighted by atomic mass is 79.9. The summed E-state index contributed by atoms with van der Waals surface area (Å²) in [5, 5.41) is 11.8. The molecule has 3 heterocycles. The molecule has 78 valence electrons. The second-order valence-electron chi connectivity index (χ2n) is 3.78. The first-order valence-corrected chi connectivity index (χ1v) is 5.87. The molecule has 0 spiro atoms. The maximum Gasteiger partial charge on any atom is 0.160 e. The predicted molar refractivity (Wildman–Crippen MR) is 60.7 cm³/mol. The fourth-order valence-corrected chi connectivity index (χ4v) is 2.36. The van der Waals surface area contributed by atoms with Gasteiger partial charge in [-0.05, 0) is 47.4 Å². The largest absolute Gasteiger partial charge is 0.307 e. The predicted octanol–water partition coefficient (Wildman–Crippen LogP) is 1.92. The zero-order chi connectivity index (χ0) is 10.3. The summed E-state index contributed by atoms with van der Waals surface area (Å²) >= 11 is 3.46. The molecule has 1 aliphatic rings. The molecule has 0 bridgehead atoms.